The van der Waals surface area contributed by atoms with Gasteiger partial charge in [0.1, 0.15) is 0 Å². The molecular formula is C18H22O3. The van der Waals surface area contributed by atoms with Crippen molar-refractivity contribution in [3.63, 3.8) is 0 Å². The molecule has 2 atom stereocenters. The lowest BCUT2D eigenvalue weighted by Gasteiger charge is -2.34. The minimum absolute atomic E-state index is 0.209. The van der Waals surface area contributed by atoms with Gasteiger partial charge < -0.3 is 9.47 Å². The Labute approximate surface area is 125 Å². The maximum absolute atomic E-state index is 12.2. The van der Waals surface area contributed by atoms with Gasteiger partial charge in [-0.25, -0.2) is 0 Å². The van der Waals surface area contributed by atoms with Crippen molar-refractivity contribution in [2.24, 2.45) is 11.8 Å². The van der Waals surface area contributed by atoms with Gasteiger partial charge >= 0.3 is 0 Å². The monoisotopic (exact) mass is 286 g/mol. The third-order valence-corrected chi connectivity index (χ3v) is 4.88. The second kappa shape index (κ2) is 5.55. The van der Waals surface area contributed by atoms with Crippen LogP contribution in [0, 0.1) is 11.8 Å². The van der Waals surface area contributed by atoms with Gasteiger partial charge in [0.2, 0.25) is 0 Å². The van der Waals surface area contributed by atoms with Crippen molar-refractivity contribution in [2.75, 3.05) is 14.2 Å². The first-order valence-corrected chi connectivity index (χ1v) is 7.68. The standard InChI is InChI=1S/C18H22O3/c1-4-11-7-12-5-6-13-8-17(20-2)18(21-3)10-15(13)14(12)9-16(11)19/h8-12H,4-7H2,1-3H3/t11-,12+/m1/s1. The number of rotatable bonds is 3. The van der Waals surface area contributed by atoms with Crippen LogP contribution in [0.4, 0.5) is 0 Å². The van der Waals surface area contributed by atoms with Crippen LogP contribution < -0.4 is 9.47 Å². The lowest BCUT2D eigenvalue weighted by molar-refractivity contribution is -0.119. The zero-order valence-electron chi connectivity index (χ0n) is 12.9. The number of allylic oxidation sites excluding steroid dienone is 2. The molecule has 3 heteroatoms. The molecule has 3 rings (SSSR count). The van der Waals surface area contributed by atoms with Crippen molar-refractivity contribution in [1.82, 2.24) is 0 Å². The van der Waals surface area contributed by atoms with Crippen LogP contribution in [0.25, 0.3) is 5.57 Å². The number of aryl methyl sites for hydroxylation is 1. The maximum Gasteiger partial charge on any atom is 0.161 e. The van der Waals surface area contributed by atoms with Crippen LogP contribution in [0.15, 0.2) is 18.2 Å². The van der Waals surface area contributed by atoms with Crippen LogP contribution in [0.3, 0.4) is 0 Å². The van der Waals surface area contributed by atoms with Crippen LogP contribution in [-0.4, -0.2) is 20.0 Å². The molecule has 0 saturated carbocycles. The largest absolute Gasteiger partial charge is 0.493 e. The number of carbonyl (C=O) groups excluding carboxylic acids is 1. The van der Waals surface area contributed by atoms with Crippen molar-refractivity contribution in [2.45, 2.75) is 32.6 Å². The summed E-state index contributed by atoms with van der Waals surface area (Å²) >= 11 is 0. The van der Waals surface area contributed by atoms with E-state index in [1.54, 1.807) is 14.2 Å². The lowest BCUT2D eigenvalue weighted by Crippen LogP contribution is -2.26. The fourth-order valence-electron chi connectivity index (χ4n) is 3.64. The number of ether oxygens (including phenoxy) is 2. The molecular weight excluding hydrogens is 264 g/mol. The first-order chi connectivity index (χ1) is 10.2. The Morgan fingerprint density at radius 2 is 1.90 bits per heavy atom. The predicted octanol–water partition coefficient (Wildman–Crippen LogP) is 3.65. The van der Waals surface area contributed by atoms with Crippen molar-refractivity contribution >= 4 is 11.4 Å². The second-order valence-electron chi connectivity index (χ2n) is 5.94. The molecule has 1 aromatic carbocycles. The Morgan fingerprint density at radius 3 is 2.57 bits per heavy atom. The van der Waals surface area contributed by atoms with Gasteiger partial charge in [0, 0.05) is 5.92 Å². The Bertz CT molecular complexity index is 601. The summed E-state index contributed by atoms with van der Waals surface area (Å²) in [4.78, 5) is 12.2. The fraction of sp³-hybridized carbons (Fsp3) is 0.500. The first kappa shape index (κ1) is 14.2. The number of ketones is 1. The third-order valence-electron chi connectivity index (χ3n) is 4.88. The molecule has 0 amide bonds. The number of carbonyl (C=O) groups is 1. The summed E-state index contributed by atoms with van der Waals surface area (Å²) in [5.41, 5.74) is 3.64. The van der Waals surface area contributed by atoms with Gasteiger partial charge in [-0.3, -0.25) is 4.79 Å². The molecule has 21 heavy (non-hydrogen) atoms. The quantitative estimate of drug-likeness (QED) is 0.851. The molecule has 112 valence electrons. The van der Waals surface area contributed by atoms with E-state index >= 15 is 0 Å². The van der Waals surface area contributed by atoms with Crippen LogP contribution in [-0.2, 0) is 11.2 Å². The molecule has 1 aromatic rings. The Morgan fingerprint density at radius 1 is 1.19 bits per heavy atom. The molecule has 0 aliphatic heterocycles. The first-order valence-electron chi connectivity index (χ1n) is 7.68. The minimum atomic E-state index is 0.209. The average molecular weight is 286 g/mol. The molecule has 0 bridgehead atoms. The molecule has 0 spiro atoms. The van der Waals surface area contributed by atoms with Crippen LogP contribution >= 0.6 is 0 Å². The minimum Gasteiger partial charge on any atom is -0.493 e. The topological polar surface area (TPSA) is 35.5 Å². The summed E-state index contributed by atoms with van der Waals surface area (Å²) in [6, 6.07) is 4.09. The van der Waals surface area contributed by atoms with E-state index in [0.717, 1.165) is 37.2 Å². The molecule has 0 fully saturated rings. The van der Waals surface area contributed by atoms with Crippen LogP contribution in [0.2, 0.25) is 0 Å². The van der Waals surface area contributed by atoms with Crippen molar-refractivity contribution in [1.29, 1.82) is 0 Å². The number of hydrogen-bond donors (Lipinski definition) is 0. The maximum atomic E-state index is 12.2. The Hall–Kier alpha value is -1.77. The normalized spacial score (nSPS) is 24.0. The van der Waals surface area contributed by atoms with Gasteiger partial charge in [-0.15, -0.1) is 0 Å². The number of hydrogen-bond acceptors (Lipinski definition) is 3. The fourth-order valence-corrected chi connectivity index (χ4v) is 3.64. The summed E-state index contributed by atoms with van der Waals surface area (Å²) in [5, 5.41) is 0. The average Bonchev–Trinajstić information content (AvgIpc) is 2.52. The molecule has 2 aliphatic rings. The van der Waals surface area contributed by atoms with E-state index < -0.39 is 0 Å². The molecule has 0 heterocycles. The highest BCUT2D eigenvalue weighted by molar-refractivity contribution is 6.01. The summed E-state index contributed by atoms with van der Waals surface area (Å²) < 4.78 is 10.8. The van der Waals surface area contributed by atoms with E-state index in [1.165, 1.54) is 16.7 Å². The van der Waals surface area contributed by atoms with Gasteiger partial charge in [0.15, 0.2) is 17.3 Å². The smallest absolute Gasteiger partial charge is 0.161 e. The lowest BCUT2D eigenvalue weighted by atomic mass is 9.70. The van der Waals surface area contributed by atoms with E-state index in [9.17, 15) is 4.79 Å². The van der Waals surface area contributed by atoms with Gasteiger partial charge in [-0.2, -0.15) is 0 Å². The highest BCUT2D eigenvalue weighted by Gasteiger charge is 2.33. The summed E-state index contributed by atoms with van der Waals surface area (Å²) in [5.74, 6) is 2.51. The molecule has 0 radical (unpaired) electrons. The van der Waals surface area contributed by atoms with E-state index in [2.05, 4.69) is 13.0 Å². The van der Waals surface area contributed by atoms with Gasteiger partial charge in [0.05, 0.1) is 14.2 Å². The number of fused-ring (bicyclic) bond motifs is 3. The van der Waals surface area contributed by atoms with E-state index in [-0.39, 0.29) is 11.7 Å². The van der Waals surface area contributed by atoms with Crippen LogP contribution in [0.1, 0.15) is 37.3 Å². The molecule has 0 N–H and O–H groups in total. The van der Waals surface area contributed by atoms with Gasteiger partial charge in [-0.05, 0) is 66.5 Å². The van der Waals surface area contributed by atoms with Gasteiger partial charge in [-0.1, -0.05) is 6.92 Å². The molecule has 3 nitrogen and oxygen atoms in total. The summed E-state index contributed by atoms with van der Waals surface area (Å²) in [7, 11) is 3.31. The third kappa shape index (κ3) is 2.35. The SMILES string of the molecule is CC[C@@H]1C[C@@H]2CCc3cc(OC)c(OC)cc3C2=CC1=O. The van der Waals surface area contributed by atoms with Gasteiger partial charge in [0.25, 0.3) is 0 Å². The number of benzene rings is 1. The molecule has 2 aliphatic carbocycles. The molecule has 0 unspecified atom stereocenters. The zero-order chi connectivity index (χ0) is 15.0. The highest BCUT2D eigenvalue weighted by Crippen LogP contribution is 2.45. The van der Waals surface area contributed by atoms with E-state index in [0.29, 0.717) is 5.92 Å². The zero-order valence-corrected chi connectivity index (χ0v) is 12.9. The van der Waals surface area contributed by atoms with Crippen molar-refractivity contribution < 1.29 is 14.3 Å². The van der Waals surface area contributed by atoms with Crippen molar-refractivity contribution in [3.05, 3.63) is 29.3 Å². The summed E-state index contributed by atoms with van der Waals surface area (Å²) in [6.07, 6.45) is 5.99. The Balaban J connectivity index is 2.08. The van der Waals surface area contributed by atoms with Crippen molar-refractivity contribution in [3.8, 4) is 11.5 Å². The highest BCUT2D eigenvalue weighted by atomic mass is 16.5. The number of methoxy groups -OCH3 is 2. The second-order valence-corrected chi connectivity index (χ2v) is 5.94. The van der Waals surface area contributed by atoms with E-state index in [1.807, 2.05) is 12.1 Å². The molecule has 0 saturated heterocycles. The molecule has 0 aromatic heterocycles. The predicted molar refractivity (Wildman–Crippen MR) is 82.7 cm³/mol. The van der Waals surface area contributed by atoms with E-state index in [4.69, 9.17) is 9.47 Å². The summed E-state index contributed by atoms with van der Waals surface area (Å²) in [6.45, 7) is 2.10. The van der Waals surface area contributed by atoms with Crippen LogP contribution in [0.5, 0.6) is 11.5 Å². The Kier molecular flexibility index (Phi) is 3.75.